The highest BCUT2D eigenvalue weighted by Crippen LogP contribution is 2.30. The molecule has 33 heavy (non-hydrogen) atoms. The van der Waals surface area contributed by atoms with Gasteiger partial charge in [0.15, 0.2) is 5.82 Å². The van der Waals surface area contributed by atoms with Crippen molar-refractivity contribution in [2.75, 3.05) is 19.0 Å². The van der Waals surface area contributed by atoms with E-state index >= 15 is 0 Å². The van der Waals surface area contributed by atoms with E-state index < -0.39 is 5.97 Å². The first-order chi connectivity index (χ1) is 15.9. The molecule has 8 heteroatoms. The Morgan fingerprint density at radius 2 is 1.76 bits per heavy atom. The van der Waals surface area contributed by atoms with E-state index in [4.69, 9.17) is 14.7 Å². The summed E-state index contributed by atoms with van der Waals surface area (Å²) in [5.41, 5.74) is 2.97. The first kappa shape index (κ1) is 22.6. The molecule has 7 nitrogen and oxygen atoms in total. The molecule has 0 atom stereocenters. The molecule has 2 aromatic carbocycles. The number of hydrogen-bond acceptors (Lipinski definition) is 6. The molecule has 172 valence electrons. The number of benzene rings is 2. The van der Waals surface area contributed by atoms with Gasteiger partial charge in [0.1, 0.15) is 11.5 Å². The van der Waals surface area contributed by atoms with Crippen molar-refractivity contribution < 1.29 is 18.7 Å². The maximum atomic E-state index is 13.5. The highest BCUT2D eigenvalue weighted by atomic mass is 19.1. The summed E-state index contributed by atoms with van der Waals surface area (Å²) >= 11 is 0. The lowest BCUT2D eigenvalue weighted by molar-refractivity contribution is -0.119. The van der Waals surface area contributed by atoms with E-state index in [0.717, 1.165) is 31.2 Å². The minimum atomic E-state index is -0.438. The highest BCUT2D eigenvalue weighted by molar-refractivity contribution is 5.94. The second-order valence-electron chi connectivity index (χ2n) is 8.42. The molecule has 0 spiro atoms. The molecule has 1 fully saturated rings. The fraction of sp³-hybridized carbons (Fsp3) is 0.360. The number of ether oxygens (including phenoxy) is 1. The molecular formula is C25H27FN4O3. The van der Waals surface area contributed by atoms with Crippen LogP contribution >= 0.6 is 0 Å². The first-order valence-electron chi connectivity index (χ1n) is 11.1. The third kappa shape index (κ3) is 5.45. The number of nitrogens with one attached hydrogen (secondary N) is 2. The fourth-order valence-electron chi connectivity index (χ4n) is 4.27. The molecule has 1 aliphatic rings. The minimum absolute atomic E-state index is 0.0123. The van der Waals surface area contributed by atoms with Gasteiger partial charge in [0.25, 0.3) is 0 Å². The summed E-state index contributed by atoms with van der Waals surface area (Å²) in [4.78, 5) is 32.8. The van der Waals surface area contributed by atoms with Crippen LogP contribution in [0.5, 0.6) is 0 Å². The van der Waals surface area contributed by atoms with Gasteiger partial charge < -0.3 is 15.4 Å². The zero-order chi connectivity index (χ0) is 23.4. The lowest BCUT2D eigenvalue weighted by atomic mass is 9.86. The molecule has 0 bridgehead atoms. The number of anilines is 1. The van der Waals surface area contributed by atoms with Crippen molar-refractivity contribution in [2.45, 2.75) is 38.6 Å². The van der Waals surface area contributed by atoms with Crippen LogP contribution in [0.15, 0.2) is 42.5 Å². The van der Waals surface area contributed by atoms with Gasteiger partial charge >= 0.3 is 5.97 Å². The van der Waals surface area contributed by atoms with Crippen LogP contribution in [0.1, 0.15) is 43.0 Å². The summed E-state index contributed by atoms with van der Waals surface area (Å²) in [7, 11) is 1.34. The van der Waals surface area contributed by atoms with E-state index in [9.17, 15) is 14.0 Å². The topological polar surface area (TPSA) is 93.2 Å². The molecular weight excluding hydrogens is 423 g/mol. The fourth-order valence-corrected chi connectivity index (χ4v) is 4.27. The van der Waals surface area contributed by atoms with Crippen molar-refractivity contribution >= 4 is 28.7 Å². The molecule has 0 saturated heterocycles. The summed E-state index contributed by atoms with van der Waals surface area (Å²) < 4.78 is 18.3. The van der Waals surface area contributed by atoms with Crippen LogP contribution in [-0.2, 0) is 9.53 Å². The number of esters is 1. The van der Waals surface area contributed by atoms with Crippen LogP contribution in [-0.4, -0.2) is 41.5 Å². The predicted molar refractivity (Wildman–Crippen MR) is 124 cm³/mol. The van der Waals surface area contributed by atoms with Crippen molar-refractivity contribution in [3.8, 4) is 11.3 Å². The van der Waals surface area contributed by atoms with Crippen molar-refractivity contribution in [3.63, 3.8) is 0 Å². The van der Waals surface area contributed by atoms with Gasteiger partial charge in [-0.15, -0.1) is 0 Å². The van der Waals surface area contributed by atoms with Crippen LogP contribution in [0.4, 0.5) is 10.2 Å². The van der Waals surface area contributed by atoms with Crippen LogP contribution in [0.3, 0.4) is 0 Å². The van der Waals surface area contributed by atoms with Gasteiger partial charge in [-0.25, -0.2) is 19.2 Å². The maximum Gasteiger partial charge on any atom is 0.337 e. The first-order valence-corrected chi connectivity index (χ1v) is 11.1. The van der Waals surface area contributed by atoms with Gasteiger partial charge in [0.2, 0.25) is 5.91 Å². The van der Waals surface area contributed by atoms with E-state index in [1.54, 1.807) is 37.3 Å². The van der Waals surface area contributed by atoms with Crippen LogP contribution in [0.25, 0.3) is 22.3 Å². The Labute approximate surface area is 191 Å². The third-order valence-electron chi connectivity index (χ3n) is 6.02. The zero-order valence-corrected chi connectivity index (χ0v) is 18.7. The van der Waals surface area contributed by atoms with Gasteiger partial charge in [0, 0.05) is 25.1 Å². The Kier molecular flexibility index (Phi) is 6.82. The quantitative estimate of drug-likeness (QED) is 0.543. The SMILES string of the molecule is COC(=O)c1ccc2nc(-c3ccc(F)cc3)c(NCC3CCC(NC(C)=O)CC3)nc2c1. The Morgan fingerprint density at radius 1 is 1.03 bits per heavy atom. The number of amides is 1. The van der Waals surface area contributed by atoms with Crippen molar-refractivity contribution in [2.24, 2.45) is 5.92 Å². The molecule has 0 aliphatic heterocycles. The van der Waals surface area contributed by atoms with Gasteiger partial charge in [-0.3, -0.25) is 4.79 Å². The molecule has 1 aromatic heterocycles. The molecule has 4 rings (SSSR count). The predicted octanol–water partition coefficient (Wildman–Crippen LogP) is 4.33. The number of hydrogen-bond donors (Lipinski definition) is 2. The summed E-state index contributed by atoms with van der Waals surface area (Å²) in [6, 6.07) is 11.4. The Morgan fingerprint density at radius 3 is 2.42 bits per heavy atom. The van der Waals surface area contributed by atoms with E-state index in [-0.39, 0.29) is 17.8 Å². The molecule has 1 saturated carbocycles. The third-order valence-corrected chi connectivity index (χ3v) is 6.02. The molecule has 0 unspecified atom stereocenters. The Bertz CT molecular complexity index is 1160. The van der Waals surface area contributed by atoms with E-state index in [1.807, 2.05) is 0 Å². The summed E-state index contributed by atoms with van der Waals surface area (Å²) in [6.45, 7) is 2.26. The average molecular weight is 451 g/mol. The molecule has 0 radical (unpaired) electrons. The summed E-state index contributed by atoms with van der Waals surface area (Å²) in [5, 5.41) is 6.44. The zero-order valence-electron chi connectivity index (χ0n) is 18.7. The molecule has 1 heterocycles. The van der Waals surface area contributed by atoms with Gasteiger partial charge in [0.05, 0.1) is 23.7 Å². The van der Waals surface area contributed by atoms with E-state index in [2.05, 4.69) is 10.6 Å². The van der Waals surface area contributed by atoms with Crippen LogP contribution < -0.4 is 10.6 Å². The number of methoxy groups -OCH3 is 1. The number of rotatable bonds is 6. The molecule has 3 aromatic rings. The lowest BCUT2D eigenvalue weighted by Crippen LogP contribution is -2.37. The normalized spacial score (nSPS) is 18.0. The van der Waals surface area contributed by atoms with E-state index in [0.29, 0.717) is 40.6 Å². The van der Waals surface area contributed by atoms with E-state index in [1.165, 1.54) is 19.2 Å². The average Bonchev–Trinajstić information content (AvgIpc) is 2.82. The second-order valence-corrected chi connectivity index (χ2v) is 8.42. The number of fused-ring (bicyclic) bond motifs is 1. The van der Waals surface area contributed by atoms with Crippen molar-refractivity contribution in [1.82, 2.24) is 15.3 Å². The summed E-state index contributed by atoms with van der Waals surface area (Å²) in [6.07, 6.45) is 3.89. The van der Waals surface area contributed by atoms with Crippen molar-refractivity contribution in [1.29, 1.82) is 0 Å². The van der Waals surface area contributed by atoms with Gasteiger partial charge in [-0.05, 0) is 74.1 Å². The monoisotopic (exact) mass is 450 g/mol. The van der Waals surface area contributed by atoms with Crippen molar-refractivity contribution in [3.05, 3.63) is 53.8 Å². The Balaban J connectivity index is 1.59. The number of halogens is 1. The minimum Gasteiger partial charge on any atom is -0.465 e. The van der Waals surface area contributed by atoms with Gasteiger partial charge in [-0.2, -0.15) is 0 Å². The lowest BCUT2D eigenvalue weighted by Gasteiger charge is -2.29. The second kappa shape index (κ2) is 9.94. The smallest absolute Gasteiger partial charge is 0.337 e. The number of carbonyl (C=O) groups excluding carboxylic acids is 2. The Hall–Kier alpha value is -3.55. The number of aromatic nitrogens is 2. The molecule has 1 aliphatic carbocycles. The standard InChI is InChI=1S/C25H27FN4O3/c1-15(31)28-20-10-3-16(4-11-20)14-27-24-23(17-5-8-19(26)9-6-17)29-21-12-7-18(25(32)33-2)13-22(21)30-24/h5-9,12-13,16,20H,3-4,10-11,14H2,1-2H3,(H,27,30)(H,28,31). The molecule has 2 N–H and O–H groups in total. The highest BCUT2D eigenvalue weighted by Gasteiger charge is 2.22. The summed E-state index contributed by atoms with van der Waals surface area (Å²) in [5.74, 6) is 0.278. The van der Waals surface area contributed by atoms with Gasteiger partial charge in [-0.1, -0.05) is 0 Å². The molecule has 1 amide bonds. The number of carbonyl (C=O) groups is 2. The van der Waals surface area contributed by atoms with Crippen LogP contribution in [0.2, 0.25) is 0 Å². The van der Waals surface area contributed by atoms with Crippen LogP contribution in [0, 0.1) is 11.7 Å². The maximum absolute atomic E-state index is 13.5. The largest absolute Gasteiger partial charge is 0.465 e. The number of nitrogens with zero attached hydrogens (tertiary/aromatic N) is 2.